The number of alkyl halides is 1. The topological polar surface area (TPSA) is 37.4 Å². The van der Waals surface area contributed by atoms with Gasteiger partial charge in [0.25, 0.3) is 11.7 Å². The molecule has 2 rings (SSSR count). The van der Waals surface area contributed by atoms with Gasteiger partial charge in [-0.15, -0.1) is 0 Å². The second kappa shape index (κ2) is 4.67. The SMILES string of the molecule is O=C1C(=O)N(CCCBr)c2ccc(Br)cc21. The third-order valence-electron chi connectivity index (χ3n) is 2.45. The monoisotopic (exact) mass is 345 g/mol. The normalized spacial score (nSPS) is 14.5. The largest absolute Gasteiger partial charge is 0.305 e. The van der Waals surface area contributed by atoms with Crippen LogP contribution >= 0.6 is 31.9 Å². The zero-order valence-corrected chi connectivity index (χ0v) is 11.5. The van der Waals surface area contributed by atoms with Gasteiger partial charge in [-0.2, -0.15) is 0 Å². The average molecular weight is 347 g/mol. The zero-order chi connectivity index (χ0) is 11.7. The van der Waals surface area contributed by atoms with Gasteiger partial charge in [-0.25, -0.2) is 0 Å². The molecule has 0 saturated carbocycles. The summed E-state index contributed by atoms with van der Waals surface area (Å²) < 4.78 is 0.815. The number of hydrogen-bond donors (Lipinski definition) is 0. The molecule has 0 N–H and O–H groups in total. The van der Waals surface area contributed by atoms with Crippen LogP contribution in [0.2, 0.25) is 0 Å². The lowest BCUT2D eigenvalue weighted by Gasteiger charge is -2.15. The van der Waals surface area contributed by atoms with E-state index >= 15 is 0 Å². The number of amides is 1. The predicted octanol–water partition coefficient (Wildman–Crippen LogP) is 2.76. The maximum absolute atomic E-state index is 11.7. The first-order chi connectivity index (χ1) is 7.65. The van der Waals surface area contributed by atoms with Gasteiger partial charge >= 0.3 is 0 Å². The van der Waals surface area contributed by atoms with Crippen molar-refractivity contribution in [2.24, 2.45) is 0 Å². The highest BCUT2D eigenvalue weighted by Crippen LogP contribution is 2.31. The van der Waals surface area contributed by atoms with Gasteiger partial charge in [-0.1, -0.05) is 31.9 Å². The summed E-state index contributed by atoms with van der Waals surface area (Å²) in [7, 11) is 0. The van der Waals surface area contributed by atoms with E-state index in [1.165, 1.54) is 0 Å². The van der Waals surface area contributed by atoms with Crippen LogP contribution in [0.5, 0.6) is 0 Å². The molecule has 0 aromatic heterocycles. The van der Waals surface area contributed by atoms with Gasteiger partial charge in [0.05, 0.1) is 11.3 Å². The first-order valence-corrected chi connectivity index (χ1v) is 6.78. The zero-order valence-electron chi connectivity index (χ0n) is 8.37. The molecule has 5 heteroatoms. The molecule has 1 amide bonds. The van der Waals surface area contributed by atoms with E-state index in [0.717, 1.165) is 21.9 Å². The van der Waals surface area contributed by atoms with E-state index in [2.05, 4.69) is 31.9 Å². The predicted molar refractivity (Wildman–Crippen MR) is 69.2 cm³/mol. The Hall–Kier alpha value is -0.680. The number of halogens is 2. The van der Waals surface area contributed by atoms with Crippen LogP contribution in [0.15, 0.2) is 22.7 Å². The second-order valence-corrected chi connectivity index (χ2v) is 5.20. The van der Waals surface area contributed by atoms with Gasteiger partial charge in [0.1, 0.15) is 0 Å². The lowest BCUT2D eigenvalue weighted by Crippen LogP contribution is -2.30. The molecule has 0 bridgehead atoms. The van der Waals surface area contributed by atoms with E-state index in [0.29, 0.717) is 12.1 Å². The van der Waals surface area contributed by atoms with Crippen molar-refractivity contribution in [3.8, 4) is 0 Å². The molecule has 1 aliphatic rings. The van der Waals surface area contributed by atoms with E-state index in [1.807, 2.05) is 6.07 Å². The van der Waals surface area contributed by atoms with Gasteiger partial charge in [0.15, 0.2) is 0 Å². The van der Waals surface area contributed by atoms with Gasteiger partial charge in [-0.05, 0) is 24.6 Å². The van der Waals surface area contributed by atoms with E-state index in [4.69, 9.17) is 0 Å². The second-order valence-electron chi connectivity index (χ2n) is 3.49. The summed E-state index contributed by atoms with van der Waals surface area (Å²) in [6, 6.07) is 5.34. The van der Waals surface area contributed by atoms with Crippen LogP contribution in [0.25, 0.3) is 0 Å². The fourth-order valence-corrected chi connectivity index (χ4v) is 2.32. The van der Waals surface area contributed by atoms with Gasteiger partial charge < -0.3 is 4.90 Å². The standard InChI is InChI=1S/C11H9Br2NO2/c12-4-1-5-14-9-3-2-7(13)6-8(9)10(15)11(14)16/h2-3,6H,1,4-5H2. The molecule has 0 aliphatic carbocycles. The molecule has 1 aromatic carbocycles. The molecule has 3 nitrogen and oxygen atoms in total. The Balaban J connectivity index is 2.38. The Labute approximate surface area is 110 Å². The van der Waals surface area contributed by atoms with Gasteiger partial charge in [-0.3, -0.25) is 9.59 Å². The summed E-state index contributed by atoms with van der Waals surface area (Å²) in [6.45, 7) is 0.574. The maximum atomic E-state index is 11.7. The van der Waals surface area contributed by atoms with Crippen LogP contribution in [-0.4, -0.2) is 23.6 Å². The summed E-state index contributed by atoms with van der Waals surface area (Å²) >= 11 is 6.61. The molecule has 84 valence electrons. The highest BCUT2D eigenvalue weighted by molar-refractivity contribution is 9.10. The fraction of sp³-hybridized carbons (Fsp3) is 0.273. The molecule has 0 spiro atoms. The highest BCUT2D eigenvalue weighted by atomic mass is 79.9. The van der Waals surface area contributed by atoms with Crippen molar-refractivity contribution < 1.29 is 9.59 Å². The number of rotatable bonds is 3. The molecule has 0 atom stereocenters. The number of hydrogen-bond acceptors (Lipinski definition) is 2. The minimum Gasteiger partial charge on any atom is -0.305 e. The fourth-order valence-electron chi connectivity index (χ4n) is 1.71. The molecular formula is C11H9Br2NO2. The number of nitrogens with zero attached hydrogens (tertiary/aromatic N) is 1. The van der Waals surface area contributed by atoms with Crippen molar-refractivity contribution in [1.29, 1.82) is 0 Å². The van der Waals surface area contributed by atoms with Gasteiger partial charge in [0.2, 0.25) is 0 Å². The Kier molecular flexibility index (Phi) is 3.44. The summed E-state index contributed by atoms with van der Waals surface area (Å²) in [5.74, 6) is -0.833. The van der Waals surface area contributed by atoms with Crippen molar-refractivity contribution in [3.63, 3.8) is 0 Å². The van der Waals surface area contributed by atoms with Crippen molar-refractivity contribution in [2.75, 3.05) is 16.8 Å². The molecule has 0 radical (unpaired) electrons. The molecule has 16 heavy (non-hydrogen) atoms. The third-order valence-corrected chi connectivity index (χ3v) is 3.50. The van der Waals surface area contributed by atoms with E-state index < -0.39 is 11.7 Å². The Morgan fingerprint density at radius 1 is 1.25 bits per heavy atom. The summed E-state index contributed by atoms with van der Waals surface area (Å²) in [5, 5.41) is 0.816. The van der Waals surface area contributed by atoms with Crippen molar-refractivity contribution in [2.45, 2.75) is 6.42 Å². The molecular weight excluding hydrogens is 338 g/mol. The molecule has 1 aliphatic heterocycles. The van der Waals surface area contributed by atoms with Crippen LogP contribution in [0.3, 0.4) is 0 Å². The third kappa shape index (κ3) is 1.94. The lowest BCUT2D eigenvalue weighted by atomic mass is 10.1. The van der Waals surface area contributed by atoms with E-state index in [-0.39, 0.29) is 0 Å². The Morgan fingerprint density at radius 3 is 2.69 bits per heavy atom. The molecule has 1 aromatic rings. The smallest absolute Gasteiger partial charge is 0.299 e. The Morgan fingerprint density at radius 2 is 2.00 bits per heavy atom. The summed E-state index contributed by atoms with van der Waals surface area (Å²) in [5.41, 5.74) is 1.22. The maximum Gasteiger partial charge on any atom is 0.299 e. The quantitative estimate of drug-likeness (QED) is 0.623. The summed E-state index contributed by atoms with van der Waals surface area (Å²) in [6.07, 6.45) is 0.828. The van der Waals surface area contributed by atoms with Gasteiger partial charge in [0, 0.05) is 16.3 Å². The number of carbonyl (C=O) groups is 2. The van der Waals surface area contributed by atoms with Crippen LogP contribution in [0.4, 0.5) is 5.69 Å². The molecule has 0 fully saturated rings. The number of anilines is 1. The van der Waals surface area contributed by atoms with Crippen LogP contribution in [0, 0.1) is 0 Å². The highest BCUT2D eigenvalue weighted by Gasteiger charge is 2.35. The van der Waals surface area contributed by atoms with E-state index in [9.17, 15) is 9.59 Å². The number of benzene rings is 1. The molecule has 0 saturated heterocycles. The van der Waals surface area contributed by atoms with Crippen molar-refractivity contribution in [1.82, 2.24) is 0 Å². The number of Topliss-reactive ketones (excluding diaryl/α,β-unsaturated/α-hetero) is 1. The lowest BCUT2D eigenvalue weighted by molar-refractivity contribution is -0.114. The van der Waals surface area contributed by atoms with E-state index in [1.54, 1.807) is 17.0 Å². The average Bonchev–Trinajstić information content (AvgIpc) is 2.50. The van der Waals surface area contributed by atoms with Crippen LogP contribution < -0.4 is 4.90 Å². The number of fused-ring (bicyclic) bond motifs is 1. The molecule has 1 heterocycles. The van der Waals surface area contributed by atoms with Crippen LogP contribution in [0.1, 0.15) is 16.8 Å². The first kappa shape index (κ1) is 11.8. The first-order valence-electron chi connectivity index (χ1n) is 4.87. The summed E-state index contributed by atoms with van der Waals surface area (Å²) in [4.78, 5) is 25.0. The molecule has 0 unspecified atom stereocenters. The number of ketones is 1. The Bertz CT molecular complexity index is 459. The van der Waals surface area contributed by atoms with Crippen molar-refractivity contribution >= 4 is 49.2 Å². The minimum absolute atomic E-state index is 0.411. The minimum atomic E-state index is -0.422. The number of carbonyl (C=O) groups excluding carboxylic acids is 2. The van der Waals surface area contributed by atoms with Crippen LogP contribution in [-0.2, 0) is 4.79 Å². The van der Waals surface area contributed by atoms with Crippen molar-refractivity contribution in [3.05, 3.63) is 28.2 Å².